The third-order valence-corrected chi connectivity index (χ3v) is 19.8. The summed E-state index contributed by atoms with van der Waals surface area (Å²) in [7, 11) is 0. The van der Waals surface area contributed by atoms with Gasteiger partial charge < -0.3 is 9.13 Å². The van der Waals surface area contributed by atoms with Crippen LogP contribution in [0.25, 0.3) is 77.2 Å². The minimum Gasteiger partial charge on any atom is -0.309 e. The summed E-state index contributed by atoms with van der Waals surface area (Å²) in [5.41, 5.74) is 26.8. The van der Waals surface area contributed by atoms with Crippen LogP contribution >= 0.6 is 0 Å². The summed E-state index contributed by atoms with van der Waals surface area (Å²) in [6, 6.07) is 94.1. The van der Waals surface area contributed by atoms with E-state index in [0.29, 0.717) is 0 Å². The molecule has 0 saturated carbocycles. The summed E-state index contributed by atoms with van der Waals surface area (Å²) in [5, 5.41) is 5.19. The number of benzene rings is 11. The van der Waals surface area contributed by atoms with Crippen LogP contribution in [0.15, 0.2) is 243 Å². The van der Waals surface area contributed by atoms with Crippen LogP contribution in [0.5, 0.6) is 0 Å². The highest BCUT2D eigenvalue weighted by atomic mass is 15.0. The van der Waals surface area contributed by atoms with Crippen LogP contribution in [0.3, 0.4) is 0 Å². The molecule has 2 aromatic heterocycles. The van der Waals surface area contributed by atoms with Crippen LogP contribution in [0.1, 0.15) is 150 Å². The minimum absolute atomic E-state index is 0.0224. The first-order valence-corrected chi connectivity index (χ1v) is 31.1. The molecule has 0 bridgehead atoms. The fraction of sp³-hybridized carbons (Fsp3) is 0.214. The Morgan fingerprint density at radius 1 is 0.233 bits per heavy atom. The van der Waals surface area contributed by atoms with Crippen molar-refractivity contribution >= 4 is 43.6 Å². The molecule has 422 valence electrons. The van der Waals surface area contributed by atoms with Gasteiger partial charge in [-0.05, 0) is 183 Å². The molecule has 2 nitrogen and oxygen atoms in total. The number of hydrogen-bond donors (Lipinski definition) is 0. The lowest BCUT2D eigenvalue weighted by Gasteiger charge is -2.36. The Labute approximate surface area is 508 Å². The second kappa shape index (κ2) is 18.8. The van der Waals surface area contributed by atoms with E-state index in [-0.39, 0.29) is 21.7 Å². The van der Waals surface area contributed by atoms with Gasteiger partial charge in [-0.1, -0.05) is 253 Å². The molecule has 0 amide bonds. The number of hydrogen-bond acceptors (Lipinski definition) is 0. The van der Waals surface area contributed by atoms with Gasteiger partial charge in [0.1, 0.15) is 0 Å². The van der Waals surface area contributed by atoms with E-state index < -0.39 is 10.8 Å². The van der Waals surface area contributed by atoms with Gasteiger partial charge in [-0.3, -0.25) is 0 Å². The predicted molar refractivity (Wildman–Crippen MR) is 365 cm³/mol. The molecule has 0 N–H and O–H groups in total. The van der Waals surface area contributed by atoms with Gasteiger partial charge in [0.25, 0.3) is 0 Å². The highest BCUT2D eigenvalue weighted by Crippen LogP contribution is 2.59. The first kappa shape index (κ1) is 53.7. The maximum absolute atomic E-state index is 2.49. The van der Waals surface area contributed by atoms with Crippen molar-refractivity contribution in [2.75, 3.05) is 0 Å². The fourth-order valence-corrected chi connectivity index (χ4v) is 15.2. The third-order valence-electron chi connectivity index (χ3n) is 19.8. The summed E-state index contributed by atoms with van der Waals surface area (Å²) < 4.78 is 4.98. The lowest BCUT2D eigenvalue weighted by Crippen LogP contribution is -2.30. The Morgan fingerprint density at radius 3 is 0.663 bits per heavy atom. The highest BCUT2D eigenvalue weighted by Gasteiger charge is 2.49. The van der Waals surface area contributed by atoms with Crippen LogP contribution in [-0.2, 0) is 32.5 Å². The summed E-state index contributed by atoms with van der Waals surface area (Å²) in [5.74, 6) is 0. The van der Waals surface area contributed by atoms with E-state index in [2.05, 4.69) is 335 Å². The van der Waals surface area contributed by atoms with Crippen LogP contribution in [0.4, 0.5) is 0 Å². The zero-order valence-corrected chi connectivity index (χ0v) is 52.0. The van der Waals surface area contributed by atoms with E-state index in [1.807, 2.05) is 0 Å². The van der Waals surface area contributed by atoms with Crippen molar-refractivity contribution in [3.8, 4) is 33.6 Å². The largest absolute Gasteiger partial charge is 0.309 e. The molecule has 0 radical (unpaired) electrons. The Kier molecular flexibility index (Phi) is 11.7. The maximum Gasteiger partial charge on any atom is 0.0713 e. The zero-order chi connectivity index (χ0) is 59.5. The van der Waals surface area contributed by atoms with Gasteiger partial charge in [0, 0.05) is 32.9 Å². The second-order valence-corrected chi connectivity index (χ2v) is 29.0. The molecule has 2 heterocycles. The maximum atomic E-state index is 2.49. The quantitative estimate of drug-likeness (QED) is 0.157. The first-order valence-electron chi connectivity index (χ1n) is 31.1. The average molecular weight is 1110 g/mol. The third kappa shape index (κ3) is 7.84. The fourth-order valence-electron chi connectivity index (χ4n) is 15.2. The molecule has 0 aliphatic heterocycles. The zero-order valence-electron chi connectivity index (χ0n) is 52.0. The summed E-state index contributed by atoms with van der Waals surface area (Å²) in [6.07, 6.45) is 0. The van der Waals surface area contributed by atoms with Crippen molar-refractivity contribution < 1.29 is 0 Å². The standard InChI is InChI=1S/C84H76N2/c1-79(2,3)57-37-45-75-67(49-57)68-50-58(80(4,5)6)38-46-76(68)85(75)61-41-33-55(34-42-61)83(71-25-17-13-21-63(71)64-22-14-18-26-72(64)83)53-29-31-54(32-30-53)84(73-27-19-15-23-65(73)66-24-16-20-28-74(66)84)56-35-43-62(44-36-56)86-77-47-39-59(81(7,8)9)51-69(77)70-52-60(82(10,11)12)40-48-78(70)86/h13-52H,1-12H3. The van der Waals surface area contributed by atoms with Crippen molar-refractivity contribution in [3.05, 3.63) is 309 Å². The van der Waals surface area contributed by atoms with Gasteiger partial charge in [-0.25, -0.2) is 0 Å². The molecule has 0 spiro atoms. The van der Waals surface area contributed by atoms with E-state index in [1.165, 1.54) is 133 Å². The van der Waals surface area contributed by atoms with Crippen molar-refractivity contribution in [1.29, 1.82) is 0 Å². The molecule has 86 heavy (non-hydrogen) atoms. The van der Waals surface area contributed by atoms with Crippen LogP contribution in [-0.4, -0.2) is 9.13 Å². The molecular formula is C84H76N2. The number of rotatable bonds is 6. The highest BCUT2D eigenvalue weighted by molar-refractivity contribution is 6.11. The van der Waals surface area contributed by atoms with Gasteiger partial charge in [-0.2, -0.15) is 0 Å². The van der Waals surface area contributed by atoms with Gasteiger partial charge >= 0.3 is 0 Å². The first-order chi connectivity index (χ1) is 41.2. The number of aromatic nitrogens is 2. The molecule has 0 unspecified atom stereocenters. The van der Waals surface area contributed by atoms with Gasteiger partial charge in [-0.15, -0.1) is 0 Å². The lowest BCUT2D eigenvalue weighted by atomic mass is 9.65. The Morgan fingerprint density at radius 2 is 0.442 bits per heavy atom. The molecule has 2 aliphatic rings. The topological polar surface area (TPSA) is 9.86 Å². The molecule has 2 heteroatoms. The molecule has 15 rings (SSSR count). The molecule has 0 atom stereocenters. The van der Waals surface area contributed by atoms with Gasteiger partial charge in [0.05, 0.1) is 32.9 Å². The van der Waals surface area contributed by atoms with Crippen molar-refractivity contribution in [3.63, 3.8) is 0 Å². The van der Waals surface area contributed by atoms with Crippen LogP contribution in [0.2, 0.25) is 0 Å². The van der Waals surface area contributed by atoms with Crippen molar-refractivity contribution in [2.45, 2.75) is 116 Å². The molecule has 11 aromatic carbocycles. The van der Waals surface area contributed by atoms with E-state index in [4.69, 9.17) is 0 Å². The summed E-state index contributed by atoms with van der Waals surface area (Å²) in [4.78, 5) is 0. The Hall–Kier alpha value is -8.98. The summed E-state index contributed by atoms with van der Waals surface area (Å²) in [6.45, 7) is 27.8. The summed E-state index contributed by atoms with van der Waals surface area (Å²) >= 11 is 0. The predicted octanol–water partition coefficient (Wildman–Crippen LogP) is 21.8. The van der Waals surface area contributed by atoms with Crippen LogP contribution < -0.4 is 0 Å². The number of nitrogens with zero attached hydrogens (tertiary/aromatic N) is 2. The molecule has 13 aromatic rings. The Bertz CT molecular complexity index is 4330. The second-order valence-electron chi connectivity index (χ2n) is 29.0. The smallest absolute Gasteiger partial charge is 0.0713 e. The van der Waals surface area contributed by atoms with E-state index in [1.54, 1.807) is 0 Å². The monoisotopic (exact) mass is 1110 g/mol. The molecule has 0 saturated heterocycles. The number of fused-ring (bicyclic) bond motifs is 12. The van der Waals surface area contributed by atoms with Crippen molar-refractivity contribution in [1.82, 2.24) is 9.13 Å². The van der Waals surface area contributed by atoms with E-state index in [0.717, 1.165) is 11.4 Å². The normalized spacial score (nSPS) is 14.5. The van der Waals surface area contributed by atoms with E-state index >= 15 is 0 Å². The minimum atomic E-state index is -0.599. The molecular weight excluding hydrogens is 1040 g/mol. The van der Waals surface area contributed by atoms with Gasteiger partial charge in [0.15, 0.2) is 0 Å². The molecule has 2 aliphatic carbocycles. The SMILES string of the molecule is CC(C)(C)c1ccc2c(c1)c1cc(C(C)(C)C)ccc1n2-c1ccc(C2(c3ccc(C4(c5ccc(-n6c7ccc(C(C)(C)C)cc7c7cc(C(C)(C)C)ccc76)cc5)c5ccccc5-c5ccccc54)cc3)c3ccccc3-c3ccccc32)cc1. The Balaban J connectivity index is 0.906. The van der Waals surface area contributed by atoms with Gasteiger partial charge in [0.2, 0.25) is 0 Å². The average Bonchev–Trinajstić information content (AvgIpc) is 1.60. The van der Waals surface area contributed by atoms with Crippen molar-refractivity contribution in [2.24, 2.45) is 0 Å². The lowest BCUT2D eigenvalue weighted by molar-refractivity contribution is 0.590. The van der Waals surface area contributed by atoms with Crippen LogP contribution in [0, 0.1) is 0 Å². The molecule has 0 fully saturated rings. The van der Waals surface area contributed by atoms with E-state index in [9.17, 15) is 0 Å².